The number of guanidine groups is 1. The van der Waals surface area contributed by atoms with Gasteiger partial charge in [0.25, 0.3) is 0 Å². The third-order valence-electron chi connectivity index (χ3n) is 4.14. The van der Waals surface area contributed by atoms with Crippen molar-refractivity contribution in [2.45, 2.75) is 33.7 Å². The second-order valence-electron chi connectivity index (χ2n) is 6.69. The number of rotatable bonds is 7. The van der Waals surface area contributed by atoms with E-state index in [1.807, 2.05) is 24.0 Å². The Labute approximate surface area is 173 Å². The molecule has 0 aromatic heterocycles. The number of nitrogens with zero attached hydrogens (tertiary/aromatic N) is 2. The average Bonchev–Trinajstić information content (AvgIpc) is 2.60. The molecular formula is C19H32FIN4O. The number of ether oxygens (including phenoxy) is 1. The summed E-state index contributed by atoms with van der Waals surface area (Å²) in [6, 6.07) is 5.39. The minimum Gasteiger partial charge on any atom is -0.378 e. The summed E-state index contributed by atoms with van der Waals surface area (Å²) in [7, 11) is 0. The first-order valence-electron chi connectivity index (χ1n) is 9.23. The van der Waals surface area contributed by atoms with E-state index in [4.69, 9.17) is 4.74 Å². The predicted molar refractivity (Wildman–Crippen MR) is 117 cm³/mol. The van der Waals surface area contributed by atoms with Crippen molar-refractivity contribution in [2.24, 2.45) is 10.9 Å². The molecule has 148 valence electrons. The molecule has 0 aliphatic carbocycles. The molecule has 1 heterocycles. The summed E-state index contributed by atoms with van der Waals surface area (Å²) in [6.07, 6.45) is 1.09. The van der Waals surface area contributed by atoms with Crippen molar-refractivity contribution in [3.05, 3.63) is 29.6 Å². The molecule has 1 saturated heterocycles. The summed E-state index contributed by atoms with van der Waals surface area (Å²) in [5.74, 6) is 1.24. The van der Waals surface area contributed by atoms with Crippen LogP contribution in [-0.2, 0) is 11.3 Å². The normalized spacial score (nSPS) is 15.0. The summed E-state index contributed by atoms with van der Waals surface area (Å²) in [6.45, 7) is 11.4. The van der Waals surface area contributed by atoms with E-state index < -0.39 is 0 Å². The van der Waals surface area contributed by atoms with Gasteiger partial charge < -0.3 is 20.3 Å². The van der Waals surface area contributed by atoms with Crippen molar-refractivity contribution < 1.29 is 9.13 Å². The van der Waals surface area contributed by atoms with Crippen molar-refractivity contribution in [2.75, 3.05) is 44.3 Å². The van der Waals surface area contributed by atoms with E-state index >= 15 is 0 Å². The predicted octanol–water partition coefficient (Wildman–Crippen LogP) is 3.38. The third-order valence-corrected chi connectivity index (χ3v) is 4.14. The summed E-state index contributed by atoms with van der Waals surface area (Å²) >= 11 is 0. The van der Waals surface area contributed by atoms with Crippen molar-refractivity contribution in [3.63, 3.8) is 0 Å². The molecule has 0 amide bonds. The number of benzene rings is 1. The minimum absolute atomic E-state index is 0. The Morgan fingerprint density at radius 2 is 2.00 bits per heavy atom. The molecule has 0 atom stereocenters. The molecule has 7 heteroatoms. The number of hydrogen-bond donors (Lipinski definition) is 2. The molecule has 1 fully saturated rings. The quantitative estimate of drug-likeness (QED) is 0.359. The van der Waals surface area contributed by atoms with Gasteiger partial charge in [-0.2, -0.15) is 0 Å². The Bertz CT molecular complexity index is 562. The smallest absolute Gasteiger partial charge is 0.191 e. The molecule has 1 aromatic carbocycles. The molecule has 5 nitrogen and oxygen atoms in total. The number of nitrogens with one attached hydrogen (secondary N) is 2. The van der Waals surface area contributed by atoms with E-state index in [-0.39, 0.29) is 29.8 Å². The molecule has 1 aliphatic rings. The van der Waals surface area contributed by atoms with Crippen LogP contribution in [0.2, 0.25) is 0 Å². The molecule has 0 bridgehead atoms. The SMILES string of the molecule is CCNC(=NCc1ccc(N2CCOCC2)c(F)c1)NCCC(C)C.I. The Kier molecular flexibility index (Phi) is 10.9. The van der Waals surface area contributed by atoms with Gasteiger partial charge in [-0.05, 0) is 37.0 Å². The van der Waals surface area contributed by atoms with E-state index in [2.05, 4.69) is 29.5 Å². The first-order chi connectivity index (χ1) is 12.1. The second-order valence-corrected chi connectivity index (χ2v) is 6.69. The van der Waals surface area contributed by atoms with Crippen LogP contribution in [0, 0.1) is 11.7 Å². The monoisotopic (exact) mass is 478 g/mol. The van der Waals surface area contributed by atoms with E-state index in [9.17, 15) is 4.39 Å². The van der Waals surface area contributed by atoms with Crippen LogP contribution in [0.1, 0.15) is 32.8 Å². The zero-order valence-electron chi connectivity index (χ0n) is 16.1. The number of hydrogen-bond acceptors (Lipinski definition) is 3. The highest BCUT2D eigenvalue weighted by Gasteiger charge is 2.15. The highest BCUT2D eigenvalue weighted by atomic mass is 127. The topological polar surface area (TPSA) is 48.9 Å². The van der Waals surface area contributed by atoms with Gasteiger partial charge in [0.15, 0.2) is 5.96 Å². The molecule has 0 spiro atoms. The highest BCUT2D eigenvalue weighted by molar-refractivity contribution is 14.0. The van der Waals surface area contributed by atoms with E-state index in [1.165, 1.54) is 0 Å². The van der Waals surface area contributed by atoms with E-state index in [1.54, 1.807) is 6.07 Å². The lowest BCUT2D eigenvalue weighted by Gasteiger charge is -2.29. The average molecular weight is 478 g/mol. The van der Waals surface area contributed by atoms with Crippen LogP contribution in [0.25, 0.3) is 0 Å². The van der Waals surface area contributed by atoms with Crippen molar-refractivity contribution in [1.29, 1.82) is 0 Å². The maximum absolute atomic E-state index is 14.4. The van der Waals surface area contributed by atoms with Gasteiger partial charge in [-0.3, -0.25) is 0 Å². The van der Waals surface area contributed by atoms with Gasteiger partial charge in [0.05, 0.1) is 25.4 Å². The zero-order chi connectivity index (χ0) is 18.1. The molecule has 1 aromatic rings. The largest absolute Gasteiger partial charge is 0.378 e. The van der Waals surface area contributed by atoms with Gasteiger partial charge >= 0.3 is 0 Å². The zero-order valence-corrected chi connectivity index (χ0v) is 18.4. The van der Waals surface area contributed by atoms with Crippen molar-refractivity contribution >= 4 is 35.6 Å². The number of morpholine rings is 1. The Morgan fingerprint density at radius 1 is 1.27 bits per heavy atom. The molecule has 0 saturated carbocycles. The molecule has 1 aliphatic heterocycles. The lowest BCUT2D eigenvalue weighted by Crippen LogP contribution is -2.38. The van der Waals surface area contributed by atoms with Crippen LogP contribution in [0.3, 0.4) is 0 Å². The second kappa shape index (κ2) is 12.3. The Morgan fingerprint density at radius 3 is 2.62 bits per heavy atom. The standard InChI is InChI=1S/C19H31FN4O.HI/c1-4-21-19(22-8-7-15(2)3)23-14-16-5-6-18(17(20)13-16)24-9-11-25-12-10-24;/h5-6,13,15H,4,7-12,14H2,1-3H3,(H2,21,22,23);1H. The maximum atomic E-state index is 14.4. The van der Waals surface area contributed by atoms with E-state index in [0.29, 0.717) is 31.4 Å². The summed E-state index contributed by atoms with van der Waals surface area (Å²) < 4.78 is 19.8. The Hall–Kier alpha value is -1.09. The van der Waals surface area contributed by atoms with Crippen LogP contribution in [-0.4, -0.2) is 45.4 Å². The van der Waals surface area contributed by atoms with Crippen LogP contribution in [0.5, 0.6) is 0 Å². The van der Waals surface area contributed by atoms with E-state index in [0.717, 1.165) is 44.1 Å². The fourth-order valence-corrected chi connectivity index (χ4v) is 2.70. The van der Waals surface area contributed by atoms with Gasteiger partial charge in [-0.15, -0.1) is 24.0 Å². The summed E-state index contributed by atoms with van der Waals surface area (Å²) in [5.41, 5.74) is 1.52. The fourth-order valence-electron chi connectivity index (χ4n) is 2.70. The lowest BCUT2D eigenvalue weighted by molar-refractivity contribution is 0.122. The summed E-state index contributed by atoms with van der Waals surface area (Å²) in [5, 5.41) is 6.55. The molecular weight excluding hydrogens is 446 g/mol. The highest BCUT2D eigenvalue weighted by Crippen LogP contribution is 2.21. The summed E-state index contributed by atoms with van der Waals surface area (Å²) in [4.78, 5) is 6.59. The van der Waals surface area contributed by atoms with Gasteiger partial charge in [0, 0.05) is 26.2 Å². The van der Waals surface area contributed by atoms with Crippen molar-refractivity contribution in [1.82, 2.24) is 10.6 Å². The molecule has 26 heavy (non-hydrogen) atoms. The van der Waals surface area contributed by atoms with Crippen molar-refractivity contribution in [3.8, 4) is 0 Å². The molecule has 0 radical (unpaired) electrons. The minimum atomic E-state index is -0.188. The van der Waals surface area contributed by atoms with Gasteiger partial charge in [-0.25, -0.2) is 9.38 Å². The van der Waals surface area contributed by atoms with Gasteiger partial charge in [0.1, 0.15) is 5.82 Å². The van der Waals surface area contributed by atoms with Crippen LogP contribution in [0.15, 0.2) is 23.2 Å². The molecule has 0 unspecified atom stereocenters. The third kappa shape index (κ3) is 7.65. The fraction of sp³-hybridized carbons (Fsp3) is 0.632. The number of halogens is 2. The van der Waals surface area contributed by atoms with Gasteiger partial charge in [-0.1, -0.05) is 19.9 Å². The maximum Gasteiger partial charge on any atom is 0.191 e. The first-order valence-corrected chi connectivity index (χ1v) is 9.23. The number of anilines is 1. The van der Waals surface area contributed by atoms with Crippen LogP contribution in [0.4, 0.5) is 10.1 Å². The Balaban J connectivity index is 0.00000338. The first kappa shape index (κ1) is 23.0. The van der Waals surface area contributed by atoms with Crippen LogP contribution < -0.4 is 15.5 Å². The lowest BCUT2D eigenvalue weighted by atomic mass is 10.1. The van der Waals surface area contributed by atoms with Gasteiger partial charge in [0.2, 0.25) is 0 Å². The number of aliphatic imine (C=N–C) groups is 1. The van der Waals surface area contributed by atoms with Crippen LogP contribution >= 0.6 is 24.0 Å². The molecule has 2 N–H and O–H groups in total. The molecule has 2 rings (SSSR count).